The average Bonchev–Trinajstić information content (AvgIpc) is 2.88. The minimum Gasteiger partial charge on any atom is -0.436 e. The molecule has 2 aromatic heterocycles. The number of nitrogens with zero attached hydrogens (tertiary/aromatic N) is 3. The van der Waals surface area contributed by atoms with Crippen molar-refractivity contribution in [2.45, 2.75) is 19.4 Å². The Kier molecular flexibility index (Phi) is 5.90. The first-order chi connectivity index (χ1) is 14.6. The van der Waals surface area contributed by atoms with E-state index in [1.165, 1.54) is 0 Å². The van der Waals surface area contributed by atoms with Gasteiger partial charge in [0.15, 0.2) is 5.75 Å². The van der Waals surface area contributed by atoms with Crippen molar-refractivity contribution in [1.29, 1.82) is 0 Å². The lowest BCUT2D eigenvalue weighted by atomic mass is 10.2. The zero-order valence-corrected chi connectivity index (χ0v) is 16.8. The quantitative estimate of drug-likeness (QED) is 0.649. The van der Waals surface area contributed by atoms with E-state index in [1.54, 1.807) is 47.6 Å². The molecule has 3 aromatic rings. The molecule has 0 saturated heterocycles. The molecule has 1 N–H and O–H groups in total. The van der Waals surface area contributed by atoms with E-state index in [1.807, 2.05) is 18.2 Å². The summed E-state index contributed by atoms with van der Waals surface area (Å²) >= 11 is 6.16. The molecule has 152 valence electrons. The minimum absolute atomic E-state index is 0.104. The second-order valence-corrected chi connectivity index (χ2v) is 7.16. The van der Waals surface area contributed by atoms with Crippen molar-refractivity contribution in [3.05, 3.63) is 77.2 Å². The molecule has 0 unspecified atom stereocenters. The largest absolute Gasteiger partial charge is 0.436 e. The number of nitrogens with one attached hydrogen (secondary N) is 1. The molecule has 30 heavy (non-hydrogen) atoms. The molecular weight excluding hydrogens is 404 g/mol. The predicted octanol–water partition coefficient (Wildman–Crippen LogP) is 3.98. The number of anilines is 1. The number of fused-ring (bicyclic) bond motifs is 2. The molecule has 0 bridgehead atoms. The highest BCUT2D eigenvalue weighted by molar-refractivity contribution is 6.31. The van der Waals surface area contributed by atoms with E-state index < -0.39 is 0 Å². The van der Waals surface area contributed by atoms with Crippen LogP contribution in [0.15, 0.2) is 60.9 Å². The highest BCUT2D eigenvalue weighted by atomic mass is 35.5. The van der Waals surface area contributed by atoms with Gasteiger partial charge in [-0.25, -0.2) is 4.98 Å². The third kappa shape index (κ3) is 4.41. The number of benzene rings is 1. The maximum atomic E-state index is 13.2. The topological polar surface area (TPSA) is 84.4 Å². The molecule has 1 aliphatic heterocycles. The summed E-state index contributed by atoms with van der Waals surface area (Å²) in [6.07, 6.45) is 4.00. The number of halogens is 1. The fraction of sp³-hybridized carbons (Fsp3) is 0.182. The summed E-state index contributed by atoms with van der Waals surface area (Å²) in [7, 11) is 0. The molecule has 2 amide bonds. The number of amides is 2. The van der Waals surface area contributed by atoms with E-state index in [-0.39, 0.29) is 24.1 Å². The highest BCUT2D eigenvalue weighted by Crippen LogP contribution is 2.39. The lowest BCUT2D eigenvalue weighted by Crippen LogP contribution is -2.32. The minimum atomic E-state index is -0.243. The smallest absolute Gasteiger partial charge is 0.263 e. The fourth-order valence-corrected chi connectivity index (χ4v) is 3.35. The third-order valence-electron chi connectivity index (χ3n) is 4.64. The van der Waals surface area contributed by atoms with Crippen molar-refractivity contribution in [3.63, 3.8) is 0 Å². The van der Waals surface area contributed by atoms with E-state index >= 15 is 0 Å². The van der Waals surface area contributed by atoms with E-state index in [4.69, 9.17) is 16.3 Å². The number of carbonyl (C=O) groups excluding carboxylic acids is 2. The van der Waals surface area contributed by atoms with Gasteiger partial charge in [0.2, 0.25) is 11.8 Å². The lowest BCUT2D eigenvalue weighted by Gasteiger charge is -2.22. The number of hydrogen-bond acceptors (Lipinski definition) is 5. The number of rotatable bonds is 6. The van der Waals surface area contributed by atoms with Gasteiger partial charge in [-0.05, 0) is 48.9 Å². The summed E-state index contributed by atoms with van der Waals surface area (Å²) in [4.78, 5) is 35.3. The van der Waals surface area contributed by atoms with Crippen LogP contribution in [0.4, 0.5) is 5.69 Å². The van der Waals surface area contributed by atoms with Gasteiger partial charge in [-0.15, -0.1) is 0 Å². The molecule has 0 atom stereocenters. The number of aromatic nitrogens is 2. The van der Waals surface area contributed by atoms with Crippen molar-refractivity contribution < 1.29 is 14.3 Å². The summed E-state index contributed by atoms with van der Waals surface area (Å²) < 4.78 is 5.85. The van der Waals surface area contributed by atoms with Gasteiger partial charge in [-0.2, -0.15) is 0 Å². The Labute approximate surface area is 178 Å². The second-order valence-electron chi connectivity index (χ2n) is 6.73. The van der Waals surface area contributed by atoms with Crippen LogP contribution in [-0.4, -0.2) is 28.3 Å². The van der Waals surface area contributed by atoms with E-state index in [9.17, 15) is 9.59 Å². The third-order valence-corrected chi connectivity index (χ3v) is 4.88. The van der Waals surface area contributed by atoms with Gasteiger partial charge < -0.3 is 15.0 Å². The SMILES string of the molecule is O=C(CCCN1C(=O)c2cccnc2Oc2ccc(Cl)cc21)NCc1ccccn1. The summed E-state index contributed by atoms with van der Waals surface area (Å²) in [6, 6.07) is 14.0. The lowest BCUT2D eigenvalue weighted by molar-refractivity contribution is -0.121. The molecule has 3 heterocycles. The van der Waals surface area contributed by atoms with E-state index in [0.29, 0.717) is 41.5 Å². The van der Waals surface area contributed by atoms with E-state index in [2.05, 4.69) is 15.3 Å². The second kappa shape index (κ2) is 8.92. The summed E-state index contributed by atoms with van der Waals surface area (Å²) in [5.74, 6) is 0.395. The molecular formula is C22H19ClN4O3. The van der Waals surface area contributed by atoms with Crippen LogP contribution >= 0.6 is 11.6 Å². The van der Waals surface area contributed by atoms with Gasteiger partial charge in [-0.1, -0.05) is 17.7 Å². The highest BCUT2D eigenvalue weighted by Gasteiger charge is 2.29. The zero-order valence-electron chi connectivity index (χ0n) is 16.0. The van der Waals surface area contributed by atoms with Crippen molar-refractivity contribution >= 4 is 29.1 Å². The monoisotopic (exact) mass is 422 g/mol. The Morgan fingerprint density at radius 1 is 1.10 bits per heavy atom. The Balaban J connectivity index is 1.45. The average molecular weight is 423 g/mol. The fourth-order valence-electron chi connectivity index (χ4n) is 3.18. The van der Waals surface area contributed by atoms with Crippen LogP contribution in [0, 0.1) is 0 Å². The zero-order chi connectivity index (χ0) is 20.9. The summed E-state index contributed by atoms with van der Waals surface area (Å²) in [5.41, 5.74) is 1.71. The van der Waals surface area contributed by atoms with Gasteiger partial charge >= 0.3 is 0 Å². The molecule has 0 saturated carbocycles. The molecule has 0 fully saturated rings. The first-order valence-corrected chi connectivity index (χ1v) is 9.90. The molecule has 8 heteroatoms. The Morgan fingerprint density at radius 2 is 1.97 bits per heavy atom. The molecule has 4 rings (SSSR count). The van der Waals surface area contributed by atoms with Crippen LogP contribution in [0.1, 0.15) is 28.9 Å². The van der Waals surface area contributed by atoms with E-state index in [0.717, 1.165) is 5.69 Å². The van der Waals surface area contributed by atoms with Crippen LogP contribution in [0.2, 0.25) is 5.02 Å². The van der Waals surface area contributed by atoms with Gasteiger partial charge in [0, 0.05) is 30.4 Å². The predicted molar refractivity (Wildman–Crippen MR) is 113 cm³/mol. The maximum absolute atomic E-state index is 13.2. The number of carbonyl (C=O) groups is 2. The van der Waals surface area contributed by atoms with Crippen LogP contribution in [0.25, 0.3) is 0 Å². The van der Waals surface area contributed by atoms with Gasteiger partial charge in [0.1, 0.15) is 5.56 Å². The summed E-state index contributed by atoms with van der Waals surface area (Å²) in [6.45, 7) is 0.703. The molecule has 1 aliphatic rings. The number of hydrogen-bond donors (Lipinski definition) is 1. The van der Waals surface area contributed by atoms with Crippen molar-refractivity contribution in [1.82, 2.24) is 15.3 Å². The first kappa shape index (κ1) is 19.8. The van der Waals surface area contributed by atoms with Gasteiger partial charge in [-0.3, -0.25) is 14.6 Å². The van der Waals surface area contributed by atoms with Gasteiger partial charge in [0.25, 0.3) is 5.91 Å². The normalized spacial score (nSPS) is 12.4. The molecule has 1 aromatic carbocycles. The van der Waals surface area contributed by atoms with Crippen molar-refractivity contribution in [2.24, 2.45) is 0 Å². The number of pyridine rings is 2. The molecule has 0 spiro atoms. The van der Waals surface area contributed by atoms with Crippen LogP contribution in [0.5, 0.6) is 11.6 Å². The Morgan fingerprint density at radius 3 is 2.80 bits per heavy atom. The summed E-state index contributed by atoms with van der Waals surface area (Å²) in [5, 5.41) is 3.33. The van der Waals surface area contributed by atoms with Gasteiger partial charge in [0.05, 0.1) is 17.9 Å². The molecule has 0 aliphatic carbocycles. The molecule has 0 radical (unpaired) electrons. The van der Waals surface area contributed by atoms with Crippen molar-refractivity contribution in [2.75, 3.05) is 11.4 Å². The van der Waals surface area contributed by atoms with Crippen molar-refractivity contribution in [3.8, 4) is 11.6 Å². The van der Waals surface area contributed by atoms with Crippen LogP contribution < -0.4 is 15.0 Å². The Bertz CT molecular complexity index is 1070. The Hall–Kier alpha value is -3.45. The first-order valence-electron chi connectivity index (χ1n) is 9.53. The standard InChI is InChI=1S/C22H19ClN4O3/c23-15-8-9-19-18(13-15)27(22(29)17-6-3-11-25-21(17)30-19)12-4-7-20(28)26-14-16-5-1-2-10-24-16/h1-3,5-6,8-11,13H,4,7,12,14H2,(H,26,28). The van der Waals surface area contributed by atoms with Crippen LogP contribution in [0.3, 0.4) is 0 Å². The number of ether oxygens (including phenoxy) is 1. The molecule has 7 nitrogen and oxygen atoms in total. The van der Waals surface area contributed by atoms with Crippen LogP contribution in [-0.2, 0) is 11.3 Å². The maximum Gasteiger partial charge on any atom is 0.263 e.